The lowest BCUT2D eigenvalue weighted by Gasteiger charge is -2.10. The fraction of sp³-hybridized carbons (Fsp3) is 0.222. The molecule has 0 aliphatic carbocycles. The van der Waals surface area contributed by atoms with Crippen LogP contribution < -0.4 is 10.5 Å². The maximum atomic E-state index is 12.9. The minimum atomic E-state index is -3.87. The van der Waals surface area contributed by atoms with Gasteiger partial charge in [-0.2, -0.15) is 4.68 Å². The molecule has 2 N–H and O–H groups in total. The minimum Gasteiger partial charge on any atom is -0.492 e. The topological polar surface area (TPSA) is 100 Å². The summed E-state index contributed by atoms with van der Waals surface area (Å²) in [5.74, 6) is 0.486. The van der Waals surface area contributed by atoms with Gasteiger partial charge in [-0.15, -0.1) is 5.10 Å². The van der Waals surface area contributed by atoms with Crippen LogP contribution in [0.2, 0.25) is 0 Å². The number of nitrogen functional groups attached to an aromatic ring is 1. The molecule has 7 nitrogen and oxygen atoms in total. The standard InChI is InChI=1S/C18H20N4O3S/c1-3-13-9-11-14(12-10-13)26(23,24)18-17(19)22(21-20-18)15-7-5-6-8-16(15)25-4-2/h5-12H,3-4,19H2,1-2H3. The highest BCUT2D eigenvalue weighted by molar-refractivity contribution is 7.91. The number of hydrogen-bond donors (Lipinski definition) is 1. The van der Waals surface area contributed by atoms with Gasteiger partial charge in [0.05, 0.1) is 11.5 Å². The molecule has 0 radical (unpaired) electrons. The summed E-state index contributed by atoms with van der Waals surface area (Å²) in [5, 5.41) is 7.50. The van der Waals surface area contributed by atoms with E-state index >= 15 is 0 Å². The molecule has 0 saturated carbocycles. The van der Waals surface area contributed by atoms with E-state index in [0.29, 0.717) is 18.0 Å². The number of hydrogen-bond acceptors (Lipinski definition) is 6. The molecule has 8 heteroatoms. The Kier molecular flexibility index (Phi) is 4.94. The van der Waals surface area contributed by atoms with Crippen LogP contribution >= 0.6 is 0 Å². The summed E-state index contributed by atoms with van der Waals surface area (Å²) in [6.07, 6.45) is 0.826. The van der Waals surface area contributed by atoms with Crippen LogP contribution in [0.15, 0.2) is 58.5 Å². The monoisotopic (exact) mass is 372 g/mol. The van der Waals surface area contributed by atoms with Crippen molar-refractivity contribution in [3.8, 4) is 11.4 Å². The first-order valence-electron chi connectivity index (χ1n) is 8.26. The van der Waals surface area contributed by atoms with Gasteiger partial charge in [0.2, 0.25) is 14.9 Å². The summed E-state index contributed by atoms with van der Waals surface area (Å²) >= 11 is 0. The van der Waals surface area contributed by atoms with Gasteiger partial charge < -0.3 is 10.5 Å². The summed E-state index contributed by atoms with van der Waals surface area (Å²) in [6.45, 7) is 4.32. The molecule has 1 heterocycles. The van der Waals surface area contributed by atoms with Crippen molar-refractivity contribution in [2.24, 2.45) is 0 Å². The van der Waals surface area contributed by atoms with Crippen molar-refractivity contribution in [2.45, 2.75) is 30.2 Å². The Morgan fingerprint density at radius 1 is 1.08 bits per heavy atom. The highest BCUT2D eigenvalue weighted by Crippen LogP contribution is 2.29. The van der Waals surface area contributed by atoms with E-state index in [4.69, 9.17) is 10.5 Å². The third kappa shape index (κ3) is 3.15. The number of para-hydroxylation sites is 2. The first-order chi connectivity index (χ1) is 12.5. The van der Waals surface area contributed by atoms with Crippen LogP contribution in [0.25, 0.3) is 5.69 Å². The molecule has 0 fully saturated rings. The average molecular weight is 372 g/mol. The lowest BCUT2D eigenvalue weighted by molar-refractivity contribution is 0.338. The fourth-order valence-corrected chi connectivity index (χ4v) is 3.79. The second-order valence-electron chi connectivity index (χ2n) is 5.59. The number of benzene rings is 2. The van der Waals surface area contributed by atoms with Crippen molar-refractivity contribution >= 4 is 15.7 Å². The molecular weight excluding hydrogens is 352 g/mol. The summed E-state index contributed by atoms with van der Waals surface area (Å²) in [4.78, 5) is 0.131. The van der Waals surface area contributed by atoms with Gasteiger partial charge in [-0.1, -0.05) is 36.4 Å². The average Bonchev–Trinajstić information content (AvgIpc) is 3.04. The second-order valence-corrected chi connectivity index (χ2v) is 7.46. The fourth-order valence-electron chi connectivity index (χ4n) is 2.57. The highest BCUT2D eigenvalue weighted by Gasteiger charge is 2.27. The summed E-state index contributed by atoms with van der Waals surface area (Å²) in [7, 11) is -3.87. The number of nitrogens with two attached hydrogens (primary N) is 1. The Morgan fingerprint density at radius 3 is 2.42 bits per heavy atom. The first kappa shape index (κ1) is 17.9. The number of aromatic nitrogens is 3. The predicted octanol–water partition coefficient (Wildman–Crippen LogP) is 2.64. The van der Waals surface area contributed by atoms with Crippen molar-refractivity contribution in [1.82, 2.24) is 15.0 Å². The van der Waals surface area contributed by atoms with Gasteiger partial charge in [-0.05, 0) is 43.2 Å². The molecular formula is C18H20N4O3S. The highest BCUT2D eigenvalue weighted by atomic mass is 32.2. The Morgan fingerprint density at radius 2 is 1.77 bits per heavy atom. The summed E-state index contributed by atoms with van der Waals surface area (Å²) < 4.78 is 32.6. The van der Waals surface area contributed by atoms with Crippen molar-refractivity contribution < 1.29 is 13.2 Å². The van der Waals surface area contributed by atoms with E-state index in [0.717, 1.165) is 12.0 Å². The Labute approximate surface area is 152 Å². The Balaban J connectivity index is 2.06. The molecule has 0 unspecified atom stereocenters. The molecule has 0 saturated heterocycles. The van der Waals surface area contributed by atoms with Gasteiger partial charge in [0.1, 0.15) is 11.4 Å². The van der Waals surface area contributed by atoms with Crippen molar-refractivity contribution in [1.29, 1.82) is 0 Å². The second kappa shape index (κ2) is 7.17. The van der Waals surface area contributed by atoms with Gasteiger partial charge in [-0.3, -0.25) is 0 Å². The van der Waals surface area contributed by atoms with E-state index in [1.54, 1.807) is 42.5 Å². The van der Waals surface area contributed by atoms with Crippen LogP contribution in [-0.2, 0) is 16.3 Å². The van der Waals surface area contributed by atoms with E-state index in [-0.39, 0.29) is 15.7 Å². The van der Waals surface area contributed by atoms with E-state index < -0.39 is 9.84 Å². The van der Waals surface area contributed by atoms with Gasteiger partial charge in [0, 0.05) is 0 Å². The third-order valence-electron chi connectivity index (χ3n) is 3.96. The Bertz CT molecular complexity index is 1010. The maximum Gasteiger partial charge on any atom is 0.229 e. The zero-order chi connectivity index (χ0) is 18.7. The van der Waals surface area contributed by atoms with Crippen LogP contribution in [0.1, 0.15) is 19.4 Å². The van der Waals surface area contributed by atoms with E-state index in [9.17, 15) is 8.42 Å². The number of ether oxygens (including phenoxy) is 1. The van der Waals surface area contributed by atoms with Crippen LogP contribution in [0.4, 0.5) is 5.82 Å². The molecule has 0 spiro atoms. The lowest BCUT2D eigenvalue weighted by atomic mass is 10.2. The van der Waals surface area contributed by atoms with Crippen LogP contribution in [0.5, 0.6) is 5.75 Å². The van der Waals surface area contributed by atoms with Gasteiger partial charge in [0.25, 0.3) is 0 Å². The SMILES string of the molecule is CCOc1ccccc1-n1nnc(S(=O)(=O)c2ccc(CC)cc2)c1N. The van der Waals surface area contributed by atoms with Gasteiger partial charge in [0.15, 0.2) is 5.82 Å². The minimum absolute atomic E-state index is 0.0586. The van der Waals surface area contributed by atoms with Crippen LogP contribution in [0, 0.1) is 0 Å². The summed E-state index contributed by atoms with van der Waals surface area (Å²) in [5.41, 5.74) is 7.66. The molecule has 3 aromatic rings. The predicted molar refractivity (Wildman–Crippen MR) is 98.2 cm³/mol. The van der Waals surface area contributed by atoms with Crippen LogP contribution in [-0.4, -0.2) is 30.0 Å². The molecule has 0 atom stereocenters. The molecule has 2 aromatic carbocycles. The first-order valence-corrected chi connectivity index (χ1v) is 9.74. The normalized spacial score (nSPS) is 11.5. The summed E-state index contributed by atoms with van der Waals surface area (Å²) in [6, 6.07) is 13.8. The largest absolute Gasteiger partial charge is 0.492 e. The molecule has 26 heavy (non-hydrogen) atoms. The molecule has 0 bridgehead atoms. The van der Waals surface area contributed by atoms with Crippen LogP contribution in [0.3, 0.4) is 0 Å². The van der Waals surface area contributed by atoms with Gasteiger partial charge >= 0.3 is 0 Å². The molecule has 136 valence electrons. The Hall–Kier alpha value is -2.87. The van der Waals surface area contributed by atoms with E-state index in [2.05, 4.69) is 10.3 Å². The third-order valence-corrected chi connectivity index (χ3v) is 5.65. The number of nitrogens with zero attached hydrogens (tertiary/aromatic N) is 3. The quantitative estimate of drug-likeness (QED) is 0.714. The van der Waals surface area contributed by atoms with Crippen molar-refractivity contribution in [3.05, 3.63) is 54.1 Å². The number of anilines is 1. The number of aryl methyl sites for hydroxylation is 1. The molecule has 0 aliphatic rings. The van der Waals surface area contributed by atoms with Gasteiger partial charge in [-0.25, -0.2) is 8.42 Å². The van der Waals surface area contributed by atoms with Crippen molar-refractivity contribution in [3.63, 3.8) is 0 Å². The molecule has 0 aliphatic heterocycles. The lowest BCUT2D eigenvalue weighted by Crippen LogP contribution is -2.09. The van der Waals surface area contributed by atoms with E-state index in [1.807, 2.05) is 19.9 Å². The zero-order valence-electron chi connectivity index (χ0n) is 14.6. The zero-order valence-corrected chi connectivity index (χ0v) is 15.4. The molecule has 3 rings (SSSR count). The molecule has 0 amide bonds. The van der Waals surface area contributed by atoms with Crippen molar-refractivity contribution in [2.75, 3.05) is 12.3 Å². The number of sulfone groups is 1. The van der Waals surface area contributed by atoms with E-state index in [1.165, 1.54) is 4.68 Å². The number of rotatable bonds is 6. The molecule has 1 aromatic heterocycles. The maximum absolute atomic E-state index is 12.9. The smallest absolute Gasteiger partial charge is 0.229 e.